The van der Waals surface area contributed by atoms with Crippen LogP contribution in [0, 0.1) is 0 Å². The Morgan fingerprint density at radius 3 is 2.61 bits per heavy atom. The molecule has 0 atom stereocenters. The Morgan fingerprint density at radius 2 is 1.89 bits per heavy atom. The molecule has 0 saturated carbocycles. The van der Waals surface area contributed by atoms with E-state index in [9.17, 15) is 13.2 Å². The van der Waals surface area contributed by atoms with Gasteiger partial charge in [-0.3, -0.25) is 4.98 Å². The largest absolute Gasteiger partial charge is 0.497 e. The highest BCUT2D eigenvalue weighted by atomic mass is 19.4. The third-order valence-electron chi connectivity index (χ3n) is 4.19. The summed E-state index contributed by atoms with van der Waals surface area (Å²) in [5, 5.41) is 3.77. The van der Waals surface area contributed by atoms with Gasteiger partial charge in [0.25, 0.3) is 0 Å². The Bertz CT molecular complexity index is 1120. The summed E-state index contributed by atoms with van der Waals surface area (Å²) in [5.74, 6) is 0.513. The van der Waals surface area contributed by atoms with E-state index < -0.39 is 11.7 Å². The summed E-state index contributed by atoms with van der Waals surface area (Å²) >= 11 is 0. The molecule has 0 spiro atoms. The highest BCUT2D eigenvalue weighted by molar-refractivity contribution is 5.86. The van der Waals surface area contributed by atoms with Gasteiger partial charge >= 0.3 is 6.18 Å². The van der Waals surface area contributed by atoms with Crippen LogP contribution < -0.4 is 10.1 Å². The van der Waals surface area contributed by atoms with E-state index in [4.69, 9.17) is 4.74 Å². The zero-order chi connectivity index (χ0) is 19.7. The molecule has 0 amide bonds. The average Bonchev–Trinajstić information content (AvgIpc) is 3.11. The van der Waals surface area contributed by atoms with Crippen LogP contribution in [-0.2, 0) is 6.18 Å². The fourth-order valence-electron chi connectivity index (χ4n) is 2.85. The second-order valence-corrected chi connectivity index (χ2v) is 6.13. The molecule has 142 valence electrons. The number of hydrogen-bond donors (Lipinski definition) is 2. The number of aromatic amines is 1. The van der Waals surface area contributed by atoms with Crippen molar-refractivity contribution in [2.75, 3.05) is 12.4 Å². The molecule has 8 heteroatoms. The standard InChI is InChI=1S/C20H15F3N4O/c1-28-15-8-13(20(21,22)23)7-14(9-15)26-19-10-17-12(11-25-19)6-18(27-17)16-4-2-3-5-24-16/h2-11,27H,1H3,(H,25,26). The Balaban J connectivity index is 1.67. The van der Waals surface area contributed by atoms with E-state index >= 15 is 0 Å². The smallest absolute Gasteiger partial charge is 0.416 e. The van der Waals surface area contributed by atoms with Gasteiger partial charge in [0, 0.05) is 35.6 Å². The van der Waals surface area contributed by atoms with Crippen molar-refractivity contribution in [3.8, 4) is 17.1 Å². The minimum atomic E-state index is -4.47. The van der Waals surface area contributed by atoms with E-state index in [2.05, 4.69) is 20.3 Å². The van der Waals surface area contributed by atoms with Crippen molar-refractivity contribution >= 4 is 22.4 Å². The first kappa shape index (κ1) is 17.8. The number of H-pyrrole nitrogens is 1. The Morgan fingerprint density at radius 1 is 1.04 bits per heavy atom. The van der Waals surface area contributed by atoms with Gasteiger partial charge in [-0.25, -0.2) is 4.98 Å². The maximum Gasteiger partial charge on any atom is 0.416 e. The SMILES string of the molecule is COc1cc(Nc2cc3[nH]c(-c4ccccn4)cc3cn2)cc(C(F)(F)F)c1. The van der Waals surface area contributed by atoms with Crippen LogP contribution in [0.5, 0.6) is 5.75 Å². The predicted octanol–water partition coefficient (Wildman–Crippen LogP) is 5.40. The summed E-state index contributed by atoms with van der Waals surface area (Å²) in [6.07, 6.45) is -1.13. The van der Waals surface area contributed by atoms with Crippen molar-refractivity contribution in [1.82, 2.24) is 15.0 Å². The van der Waals surface area contributed by atoms with Crippen molar-refractivity contribution in [3.05, 3.63) is 66.5 Å². The molecule has 3 aromatic heterocycles. The lowest BCUT2D eigenvalue weighted by atomic mass is 10.1. The summed E-state index contributed by atoms with van der Waals surface area (Å²) in [6, 6.07) is 12.7. The summed E-state index contributed by atoms with van der Waals surface area (Å²) in [6.45, 7) is 0. The number of hydrogen-bond acceptors (Lipinski definition) is 4. The number of methoxy groups -OCH3 is 1. The van der Waals surface area contributed by atoms with Crippen LogP contribution in [0.25, 0.3) is 22.3 Å². The molecule has 2 N–H and O–H groups in total. The normalized spacial score (nSPS) is 11.6. The van der Waals surface area contributed by atoms with E-state index in [-0.39, 0.29) is 11.4 Å². The van der Waals surface area contributed by atoms with Crippen LogP contribution in [-0.4, -0.2) is 22.1 Å². The van der Waals surface area contributed by atoms with E-state index in [1.807, 2.05) is 24.3 Å². The molecule has 0 aliphatic rings. The molecule has 0 fully saturated rings. The van der Waals surface area contributed by atoms with Gasteiger partial charge in [-0.1, -0.05) is 6.07 Å². The van der Waals surface area contributed by atoms with Crippen LogP contribution in [0.3, 0.4) is 0 Å². The van der Waals surface area contributed by atoms with Crippen LogP contribution >= 0.6 is 0 Å². The average molecular weight is 384 g/mol. The van der Waals surface area contributed by atoms with Crippen LogP contribution in [0.1, 0.15) is 5.56 Å². The topological polar surface area (TPSA) is 62.8 Å². The molecule has 4 aromatic rings. The number of pyridine rings is 2. The van der Waals surface area contributed by atoms with E-state index in [0.717, 1.165) is 34.4 Å². The highest BCUT2D eigenvalue weighted by Crippen LogP contribution is 2.35. The van der Waals surface area contributed by atoms with E-state index in [0.29, 0.717) is 5.82 Å². The van der Waals surface area contributed by atoms with Crippen LogP contribution in [0.15, 0.2) is 60.9 Å². The van der Waals surface area contributed by atoms with Crippen molar-refractivity contribution in [2.24, 2.45) is 0 Å². The zero-order valence-corrected chi connectivity index (χ0v) is 14.7. The number of halogens is 3. The zero-order valence-electron chi connectivity index (χ0n) is 14.7. The number of benzene rings is 1. The predicted molar refractivity (Wildman–Crippen MR) is 101 cm³/mol. The van der Waals surface area contributed by atoms with Crippen LogP contribution in [0.4, 0.5) is 24.7 Å². The molecule has 0 aliphatic carbocycles. The number of fused-ring (bicyclic) bond motifs is 1. The number of rotatable bonds is 4. The first-order chi connectivity index (χ1) is 13.4. The van der Waals surface area contributed by atoms with Crippen molar-refractivity contribution in [1.29, 1.82) is 0 Å². The molecule has 0 bridgehead atoms. The molecule has 28 heavy (non-hydrogen) atoms. The van der Waals surface area contributed by atoms with Gasteiger partial charge in [0.05, 0.1) is 29.6 Å². The molecule has 0 saturated heterocycles. The second kappa shape index (κ2) is 6.88. The quantitative estimate of drug-likeness (QED) is 0.495. The lowest BCUT2D eigenvalue weighted by Crippen LogP contribution is -2.06. The fourth-order valence-corrected chi connectivity index (χ4v) is 2.85. The number of nitrogens with one attached hydrogen (secondary N) is 2. The maximum atomic E-state index is 13.1. The lowest BCUT2D eigenvalue weighted by molar-refractivity contribution is -0.137. The third kappa shape index (κ3) is 3.62. The second-order valence-electron chi connectivity index (χ2n) is 6.13. The first-order valence-electron chi connectivity index (χ1n) is 8.36. The van der Waals surface area contributed by atoms with Gasteiger partial charge in [-0.05, 0) is 30.3 Å². The summed E-state index contributed by atoms with van der Waals surface area (Å²) in [7, 11) is 1.32. The van der Waals surface area contributed by atoms with Crippen molar-refractivity contribution < 1.29 is 17.9 Å². The monoisotopic (exact) mass is 384 g/mol. The molecule has 0 unspecified atom stereocenters. The minimum Gasteiger partial charge on any atom is -0.497 e. The Kier molecular flexibility index (Phi) is 4.38. The fraction of sp³-hybridized carbons (Fsp3) is 0.100. The number of alkyl halides is 3. The summed E-state index contributed by atoms with van der Waals surface area (Å²) < 4.78 is 44.2. The third-order valence-corrected chi connectivity index (χ3v) is 4.19. The molecule has 5 nitrogen and oxygen atoms in total. The van der Waals surface area contributed by atoms with Gasteiger partial charge < -0.3 is 15.0 Å². The van der Waals surface area contributed by atoms with Gasteiger partial charge in [0.15, 0.2) is 0 Å². The molecule has 3 heterocycles. The van der Waals surface area contributed by atoms with E-state index in [1.54, 1.807) is 18.5 Å². The Hall–Kier alpha value is -3.55. The maximum absolute atomic E-state index is 13.1. The molecular formula is C20H15F3N4O. The molecule has 1 aromatic carbocycles. The molecule has 4 rings (SSSR count). The molecule has 0 radical (unpaired) electrons. The molecular weight excluding hydrogens is 369 g/mol. The number of anilines is 2. The summed E-state index contributed by atoms with van der Waals surface area (Å²) in [4.78, 5) is 11.8. The minimum absolute atomic E-state index is 0.107. The van der Waals surface area contributed by atoms with E-state index in [1.165, 1.54) is 13.2 Å². The van der Waals surface area contributed by atoms with Crippen molar-refractivity contribution in [3.63, 3.8) is 0 Å². The van der Waals surface area contributed by atoms with Crippen molar-refractivity contribution in [2.45, 2.75) is 6.18 Å². The Labute approximate surface area is 158 Å². The first-order valence-corrected chi connectivity index (χ1v) is 8.36. The highest BCUT2D eigenvalue weighted by Gasteiger charge is 2.31. The van der Waals surface area contributed by atoms with Gasteiger partial charge in [0.2, 0.25) is 0 Å². The molecule has 0 aliphatic heterocycles. The lowest BCUT2D eigenvalue weighted by Gasteiger charge is -2.12. The van der Waals surface area contributed by atoms with Gasteiger partial charge in [0.1, 0.15) is 11.6 Å². The van der Waals surface area contributed by atoms with Gasteiger partial charge in [-0.15, -0.1) is 0 Å². The van der Waals surface area contributed by atoms with Gasteiger partial charge in [-0.2, -0.15) is 13.2 Å². The summed E-state index contributed by atoms with van der Waals surface area (Å²) in [5.41, 5.74) is 1.84. The number of ether oxygens (including phenoxy) is 1. The van der Waals surface area contributed by atoms with Crippen LogP contribution in [0.2, 0.25) is 0 Å². The number of aromatic nitrogens is 3. The number of nitrogens with zero attached hydrogens (tertiary/aromatic N) is 2.